The molecule has 6 nitrogen and oxygen atoms in total. The molecule has 1 aliphatic heterocycles. The highest BCUT2D eigenvalue weighted by atomic mass is 32.1. The van der Waals surface area contributed by atoms with Gasteiger partial charge in [-0.25, -0.2) is 9.97 Å². The summed E-state index contributed by atoms with van der Waals surface area (Å²) in [5.74, 6) is 1.52. The lowest BCUT2D eigenvalue weighted by Crippen LogP contribution is -2.49. The Hall–Kier alpha value is -3.97. The van der Waals surface area contributed by atoms with Crippen molar-refractivity contribution in [1.29, 1.82) is 0 Å². The highest BCUT2D eigenvalue weighted by molar-refractivity contribution is 7.11. The zero-order valence-corrected chi connectivity index (χ0v) is 20.1. The van der Waals surface area contributed by atoms with Gasteiger partial charge in [0.25, 0.3) is 5.91 Å². The Kier molecular flexibility index (Phi) is 7.15. The van der Waals surface area contributed by atoms with Gasteiger partial charge in [-0.15, -0.1) is 11.3 Å². The number of hydrogen-bond donors (Lipinski definition) is 0. The van der Waals surface area contributed by atoms with E-state index in [1.165, 1.54) is 0 Å². The van der Waals surface area contributed by atoms with Crippen molar-refractivity contribution in [2.45, 2.75) is 6.61 Å². The van der Waals surface area contributed by atoms with Crippen molar-refractivity contribution in [2.75, 3.05) is 31.1 Å². The molecule has 1 aliphatic rings. The molecule has 7 heteroatoms. The summed E-state index contributed by atoms with van der Waals surface area (Å²) in [6.07, 6.45) is 5.46. The van der Waals surface area contributed by atoms with Gasteiger partial charge in [-0.05, 0) is 46.8 Å². The lowest BCUT2D eigenvalue weighted by molar-refractivity contribution is -0.125. The Labute approximate surface area is 209 Å². The molecule has 0 radical (unpaired) electrons. The van der Waals surface area contributed by atoms with Crippen molar-refractivity contribution in [3.05, 3.63) is 107 Å². The largest absolute Gasteiger partial charge is 0.489 e. The number of anilines is 1. The predicted molar refractivity (Wildman–Crippen MR) is 140 cm³/mol. The molecule has 0 bridgehead atoms. The summed E-state index contributed by atoms with van der Waals surface area (Å²) >= 11 is 1.57. The number of carbonyl (C=O) groups excluding carboxylic acids is 1. The SMILES string of the molecule is O=C(/C(=C/c1cccc(OCc2ccccc2)c1)c1cccs1)N1CCN(c2ncccn2)CC1. The number of ether oxygens (including phenoxy) is 1. The van der Waals surface area contributed by atoms with Crippen LogP contribution in [0.25, 0.3) is 11.6 Å². The van der Waals surface area contributed by atoms with Crippen LogP contribution in [0.3, 0.4) is 0 Å². The summed E-state index contributed by atoms with van der Waals surface area (Å²) in [6.45, 7) is 3.16. The zero-order chi connectivity index (χ0) is 23.9. The van der Waals surface area contributed by atoms with Gasteiger partial charge < -0.3 is 14.5 Å². The van der Waals surface area contributed by atoms with Crippen LogP contribution in [0.2, 0.25) is 0 Å². The van der Waals surface area contributed by atoms with Crippen molar-refractivity contribution in [2.24, 2.45) is 0 Å². The van der Waals surface area contributed by atoms with E-state index in [2.05, 4.69) is 14.9 Å². The normalized spacial score (nSPS) is 14.1. The molecule has 35 heavy (non-hydrogen) atoms. The minimum Gasteiger partial charge on any atom is -0.489 e. The molecule has 4 aromatic rings. The van der Waals surface area contributed by atoms with Gasteiger partial charge in [0.15, 0.2) is 0 Å². The van der Waals surface area contributed by atoms with E-state index in [9.17, 15) is 4.79 Å². The fourth-order valence-corrected chi connectivity index (χ4v) is 4.74. The van der Waals surface area contributed by atoms with Gasteiger partial charge in [0.1, 0.15) is 12.4 Å². The second-order valence-corrected chi connectivity index (χ2v) is 9.16. The molecule has 176 valence electrons. The van der Waals surface area contributed by atoms with Crippen molar-refractivity contribution >= 4 is 34.8 Å². The molecule has 0 saturated carbocycles. The average molecular weight is 483 g/mol. The molecule has 0 aliphatic carbocycles. The second-order valence-electron chi connectivity index (χ2n) is 8.21. The van der Waals surface area contributed by atoms with Crippen LogP contribution in [0.5, 0.6) is 5.75 Å². The van der Waals surface area contributed by atoms with Crippen LogP contribution in [0.15, 0.2) is 90.6 Å². The third-order valence-electron chi connectivity index (χ3n) is 5.84. The number of thiophene rings is 1. The second kappa shape index (κ2) is 11.0. The Bertz CT molecular complexity index is 1270. The third-order valence-corrected chi connectivity index (χ3v) is 6.74. The number of carbonyl (C=O) groups is 1. The summed E-state index contributed by atoms with van der Waals surface area (Å²) in [4.78, 5) is 27.3. The summed E-state index contributed by atoms with van der Waals surface area (Å²) in [6, 6.07) is 23.8. The summed E-state index contributed by atoms with van der Waals surface area (Å²) in [7, 11) is 0. The lowest BCUT2D eigenvalue weighted by Gasteiger charge is -2.35. The van der Waals surface area contributed by atoms with Crippen LogP contribution in [-0.2, 0) is 11.4 Å². The van der Waals surface area contributed by atoms with Crippen LogP contribution in [0.1, 0.15) is 16.0 Å². The third kappa shape index (κ3) is 5.75. The van der Waals surface area contributed by atoms with Gasteiger partial charge in [-0.3, -0.25) is 4.79 Å². The number of aromatic nitrogens is 2. The van der Waals surface area contributed by atoms with Crippen LogP contribution in [-0.4, -0.2) is 47.0 Å². The van der Waals surface area contributed by atoms with E-state index >= 15 is 0 Å². The molecule has 1 saturated heterocycles. The van der Waals surface area contributed by atoms with Crippen molar-refractivity contribution in [1.82, 2.24) is 14.9 Å². The Morgan fingerprint density at radius 3 is 2.46 bits per heavy atom. The summed E-state index contributed by atoms with van der Waals surface area (Å²) < 4.78 is 6.00. The van der Waals surface area contributed by atoms with Gasteiger partial charge in [0, 0.05) is 43.4 Å². The van der Waals surface area contributed by atoms with Crippen LogP contribution in [0.4, 0.5) is 5.95 Å². The molecule has 3 heterocycles. The van der Waals surface area contributed by atoms with Crippen LogP contribution >= 0.6 is 11.3 Å². The van der Waals surface area contributed by atoms with E-state index in [1.54, 1.807) is 23.7 Å². The highest BCUT2D eigenvalue weighted by Crippen LogP contribution is 2.27. The van der Waals surface area contributed by atoms with Crippen molar-refractivity contribution in [3.63, 3.8) is 0 Å². The van der Waals surface area contributed by atoms with E-state index in [0.29, 0.717) is 44.3 Å². The maximum Gasteiger partial charge on any atom is 0.255 e. The molecule has 0 atom stereocenters. The quantitative estimate of drug-likeness (QED) is 0.347. The molecule has 0 spiro atoms. The molecule has 1 amide bonds. The van der Waals surface area contributed by atoms with Crippen molar-refractivity contribution in [3.8, 4) is 5.75 Å². The van der Waals surface area contributed by atoms with Crippen LogP contribution in [0, 0.1) is 0 Å². The van der Waals surface area contributed by atoms with Gasteiger partial charge in [-0.1, -0.05) is 48.5 Å². The first kappa shape index (κ1) is 22.8. The van der Waals surface area contributed by atoms with Gasteiger partial charge in [0.2, 0.25) is 5.95 Å². The van der Waals surface area contributed by atoms with Gasteiger partial charge >= 0.3 is 0 Å². The van der Waals surface area contributed by atoms with E-state index in [0.717, 1.165) is 21.8 Å². The Balaban J connectivity index is 1.32. The van der Waals surface area contributed by atoms with Crippen molar-refractivity contribution < 1.29 is 9.53 Å². The topological polar surface area (TPSA) is 58.6 Å². The maximum absolute atomic E-state index is 13.6. The zero-order valence-electron chi connectivity index (χ0n) is 19.3. The minimum absolute atomic E-state index is 0.0386. The first-order chi connectivity index (χ1) is 17.3. The number of nitrogens with zero attached hydrogens (tertiary/aromatic N) is 4. The monoisotopic (exact) mass is 482 g/mol. The maximum atomic E-state index is 13.6. The summed E-state index contributed by atoms with van der Waals surface area (Å²) in [5, 5.41) is 2.00. The average Bonchev–Trinajstić information content (AvgIpc) is 3.46. The first-order valence-corrected chi connectivity index (χ1v) is 12.5. The molecule has 2 aromatic heterocycles. The number of amides is 1. The molecule has 0 N–H and O–H groups in total. The highest BCUT2D eigenvalue weighted by Gasteiger charge is 2.25. The molecule has 1 fully saturated rings. The number of benzene rings is 2. The fraction of sp³-hybridized carbons (Fsp3) is 0.179. The minimum atomic E-state index is 0.0386. The fourth-order valence-electron chi connectivity index (χ4n) is 4.01. The molecule has 0 unspecified atom stereocenters. The van der Waals surface area contributed by atoms with E-state index in [4.69, 9.17) is 4.74 Å². The summed E-state index contributed by atoms with van der Waals surface area (Å²) in [5.41, 5.74) is 2.75. The molecule has 5 rings (SSSR count). The van der Waals surface area contributed by atoms with Crippen LogP contribution < -0.4 is 9.64 Å². The first-order valence-electron chi connectivity index (χ1n) is 11.6. The molecular weight excluding hydrogens is 456 g/mol. The smallest absolute Gasteiger partial charge is 0.255 e. The van der Waals surface area contributed by atoms with E-state index < -0.39 is 0 Å². The number of piperazine rings is 1. The van der Waals surface area contributed by atoms with Gasteiger partial charge in [0.05, 0.1) is 5.57 Å². The number of rotatable bonds is 7. The van der Waals surface area contributed by atoms with Gasteiger partial charge in [-0.2, -0.15) is 0 Å². The molecular formula is C28H26N4O2S. The standard InChI is InChI=1S/C28H26N4O2S/c33-27(31-14-16-32(17-15-31)28-29-12-6-13-30-28)25(26-11-5-18-35-26)20-23-9-4-10-24(19-23)34-21-22-7-2-1-3-8-22/h1-13,18-20H,14-17,21H2/b25-20+. The Morgan fingerprint density at radius 1 is 0.914 bits per heavy atom. The Morgan fingerprint density at radius 2 is 1.71 bits per heavy atom. The molecule has 2 aromatic carbocycles. The number of hydrogen-bond acceptors (Lipinski definition) is 6. The lowest BCUT2D eigenvalue weighted by atomic mass is 10.1. The van der Waals surface area contributed by atoms with E-state index in [1.807, 2.05) is 89.2 Å². The predicted octanol–water partition coefficient (Wildman–Crippen LogP) is 5.01. The van der Waals surface area contributed by atoms with E-state index in [-0.39, 0.29) is 5.91 Å².